The van der Waals surface area contributed by atoms with Crippen LogP contribution in [0.15, 0.2) is 58.8 Å². The highest BCUT2D eigenvalue weighted by Crippen LogP contribution is 2.55. The van der Waals surface area contributed by atoms with E-state index in [0.717, 1.165) is 48.2 Å². The first-order valence-corrected chi connectivity index (χ1v) is 23.9. The number of ether oxygens (including phenoxy) is 2. The minimum atomic E-state index is -0.685. The van der Waals surface area contributed by atoms with Gasteiger partial charge >= 0.3 is 12.2 Å². The molecule has 65 heavy (non-hydrogen) atoms. The molecule has 4 amide bonds. The lowest BCUT2D eigenvalue weighted by Gasteiger charge is -2.31. The Morgan fingerprint density at radius 3 is 1.60 bits per heavy atom. The van der Waals surface area contributed by atoms with Crippen LogP contribution in [0.1, 0.15) is 135 Å². The van der Waals surface area contributed by atoms with Crippen molar-refractivity contribution in [3.63, 3.8) is 0 Å². The zero-order valence-electron chi connectivity index (χ0n) is 40.3. The third-order valence-electron chi connectivity index (χ3n) is 15.2. The Hall–Kier alpha value is -5.26. The molecule has 2 saturated heterocycles. The molecule has 12 nitrogen and oxygen atoms in total. The van der Waals surface area contributed by atoms with Crippen LogP contribution in [0.25, 0.3) is 22.3 Å². The monoisotopic (exact) mass is 887 g/mol. The Balaban J connectivity index is 1.01. The number of nitrogens with one attached hydrogen (secondary N) is 2. The second-order valence-corrected chi connectivity index (χ2v) is 21.9. The SMILES string of the molecule is COC(=O)N[C@H](C(=O)N1CC(C)(C)C[C@H]1C1=NC=C(c2ccc(-c3ccc(C4=CN=C([C@@H]5CC(C)(C)CN5C(=O)[C@@H](NC(=O)OC)C(C)C)C4)c4c3C3(CCCC3)CC4)cc2)C1)C(C)C. The van der Waals surface area contributed by atoms with Gasteiger partial charge in [0.15, 0.2) is 0 Å². The van der Waals surface area contributed by atoms with E-state index in [-0.39, 0.29) is 52.0 Å². The second kappa shape index (κ2) is 17.9. The van der Waals surface area contributed by atoms with Crippen molar-refractivity contribution in [1.82, 2.24) is 20.4 Å². The molecule has 2 aliphatic carbocycles. The van der Waals surface area contributed by atoms with Crippen LogP contribution >= 0.6 is 0 Å². The number of hydrogen-bond donors (Lipinski definition) is 2. The second-order valence-electron chi connectivity index (χ2n) is 21.9. The Morgan fingerprint density at radius 1 is 0.646 bits per heavy atom. The number of benzene rings is 2. The van der Waals surface area contributed by atoms with E-state index in [9.17, 15) is 19.2 Å². The van der Waals surface area contributed by atoms with E-state index in [4.69, 9.17) is 19.5 Å². The number of aliphatic imine (C=N–C) groups is 2. The van der Waals surface area contributed by atoms with Crippen LogP contribution in [0.3, 0.4) is 0 Å². The Bertz CT molecular complexity index is 2350. The number of allylic oxidation sites excluding steroid dienone is 2. The summed E-state index contributed by atoms with van der Waals surface area (Å²) < 4.78 is 9.74. The molecule has 2 aromatic carbocycles. The number of amides is 4. The molecule has 3 fully saturated rings. The fraction of sp³-hybridized carbons (Fsp3) is 0.585. The molecule has 2 N–H and O–H groups in total. The van der Waals surface area contributed by atoms with E-state index in [1.54, 1.807) is 0 Å². The van der Waals surface area contributed by atoms with Crippen molar-refractivity contribution in [3.05, 3.63) is 71.1 Å². The zero-order chi connectivity index (χ0) is 46.6. The predicted molar refractivity (Wildman–Crippen MR) is 257 cm³/mol. The number of fused-ring (bicyclic) bond motifs is 2. The molecule has 6 aliphatic rings. The molecule has 1 saturated carbocycles. The molecular formula is C53H70N6O6. The lowest BCUT2D eigenvalue weighted by molar-refractivity contribution is -0.135. The molecule has 1 spiro atoms. The van der Waals surface area contributed by atoms with Gasteiger partial charge in [-0.1, -0.05) is 105 Å². The van der Waals surface area contributed by atoms with Gasteiger partial charge in [-0.25, -0.2) is 9.59 Å². The van der Waals surface area contributed by atoms with Crippen LogP contribution in [-0.4, -0.2) is 96.7 Å². The van der Waals surface area contributed by atoms with Crippen LogP contribution in [-0.2, 0) is 30.9 Å². The van der Waals surface area contributed by atoms with E-state index >= 15 is 0 Å². The molecular weight excluding hydrogens is 817 g/mol. The first-order valence-electron chi connectivity index (χ1n) is 23.9. The predicted octanol–water partition coefficient (Wildman–Crippen LogP) is 9.50. The lowest BCUT2D eigenvalue weighted by atomic mass is 9.76. The molecule has 0 radical (unpaired) electrons. The average Bonchev–Trinajstić information content (AvgIpc) is 4.15. The highest BCUT2D eigenvalue weighted by atomic mass is 16.5. The normalized spacial score (nSPS) is 23.6. The van der Waals surface area contributed by atoms with E-state index in [0.29, 0.717) is 25.9 Å². The number of carbonyl (C=O) groups is 4. The fourth-order valence-corrected chi connectivity index (χ4v) is 12.0. The van der Waals surface area contributed by atoms with Crippen LogP contribution in [0.2, 0.25) is 0 Å². The maximum absolute atomic E-state index is 14.2. The molecule has 8 rings (SSSR count). The van der Waals surface area contributed by atoms with Crippen LogP contribution in [0, 0.1) is 22.7 Å². The van der Waals surface area contributed by atoms with Gasteiger partial charge in [-0.05, 0) is 111 Å². The third-order valence-corrected chi connectivity index (χ3v) is 15.2. The summed E-state index contributed by atoms with van der Waals surface area (Å²) in [6.45, 7) is 17.8. The van der Waals surface area contributed by atoms with Gasteiger partial charge in [0.2, 0.25) is 11.8 Å². The van der Waals surface area contributed by atoms with Crippen molar-refractivity contribution in [2.45, 2.75) is 149 Å². The summed E-state index contributed by atoms with van der Waals surface area (Å²) in [5.74, 6) is -0.390. The molecule has 12 heteroatoms. The molecule has 0 aromatic heterocycles. The van der Waals surface area contributed by atoms with Gasteiger partial charge in [0.1, 0.15) is 12.1 Å². The van der Waals surface area contributed by atoms with Crippen LogP contribution in [0.4, 0.5) is 9.59 Å². The molecule has 4 heterocycles. The standard InChI is InChI=1S/C53H70N6O6/c1-31(2)45(56-49(62)64-9)47(60)58-29-51(5,6)25-42(58)40-23-35(27-54-40)33-13-15-34(16-14-33)38-18-17-37(39-19-22-53(44(38)39)20-11-12-21-53)36-24-41(55-28-36)43-26-52(7,8)30-59(43)48(61)46(32(3)4)57-50(63)65-10/h13-18,27-28,31-32,42-43,45-46H,11-12,19-26,29-30H2,1-10H3,(H,56,62)(H,57,63)/t42-,43-,45-,46-/m0/s1. The van der Waals surface area contributed by atoms with Crippen LogP contribution in [0.5, 0.6) is 0 Å². The third kappa shape index (κ3) is 9.03. The average molecular weight is 887 g/mol. The highest BCUT2D eigenvalue weighted by Gasteiger charge is 2.48. The fourth-order valence-electron chi connectivity index (χ4n) is 12.0. The minimum absolute atomic E-state index is 0.0867. The number of nitrogens with zero attached hydrogens (tertiary/aromatic N) is 4. The van der Waals surface area contributed by atoms with Gasteiger partial charge in [0, 0.05) is 49.8 Å². The quantitative estimate of drug-likeness (QED) is 0.230. The van der Waals surface area contributed by atoms with Crippen molar-refractivity contribution in [3.8, 4) is 11.1 Å². The topological polar surface area (TPSA) is 142 Å². The van der Waals surface area contributed by atoms with Gasteiger partial charge in [-0.15, -0.1) is 0 Å². The number of carbonyl (C=O) groups excluding carboxylic acids is 4. The minimum Gasteiger partial charge on any atom is -0.453 e. The number of methoxy groups -OCH3 is 2. The van der Waals surface area contributed by atoms with Gasteiger partial charge < -0.3 is 29.9 Å². The molecule has 2 aromatic rings. The largest absolute Gasteiger partial charge is 0.453 e. The molecule has 0 bridgehead atoms. The van der Waals surface area contributed by atoms with Gasteiger partial charge in [0.05, 0.1) is 26.3 Å². The highest BCUT2D eigenvalue weighted by molar-refractivity contribution is 6.05. The summed E-state index contributed by atoms with van der Waals surface area (Å²) >= 11 is 0. The zero-order valence-corrected chi connectivity index (χ0v) is 40.3. The Kier molecular flexibility index (Phi) is 12.7. The number of rotatable bonds is 11. The van der Waals surface area contributed by atoms with Crippen molar-refractivity contribution in [1.29, 1.82) is 0 Å². The van der Waals surface area contributed by atoms with Crippen LogP contribution < -0.4 is 10.6 Å². The summed E-state index contributed by atoms with van der Waals surface area (Å²) in [5, 5.41) is 5.57. The summed E-state index contributed by atoms with van der Waals surface area (Å²) in [4.78, 5) is 66.6. The number of hydrogen-bond acceptors (Lipinski definition) is 8. The van der Waals surface area contributed by atoms with E-state index in [2.05, 4.69) is 80.9 Å². The molecule has 0 unspecified atom stereocenters. The smallest absolute Gasteiger partial charge is 0.407 e. The van der Waals surface area contributed by atoms with Crippen molar-refractivity contribution >= 4 is 46.6 Å². The lowest BCUT2D eigenvalue weighted by Crippen LogP contribution is -2.53. The van der Waals surface area contributed by atoms with Gasteiger partial charge in [-0.3, -0.25) is 19.6 Å². The summed E-state index contributed by atoms with van der Waals surface area (Å²) in [5.41, 5.74) is 12.3. The van der Waals surface area contributed by atoms with Crippen molar-refractivity contribution in [2.75, 3.05) is 27.3 Å². The van der Waals surface area contributed by atoms with Crippen molar-refractivity contribution in [2.24, 2.45) is 32.7 Å². The molecule has 4 atom stereocenters. The number of alkyl carbamates (subject to hydrolysis) is 2. The maximum Gasteiger partial charge on any atom is 0.407 e. The number of likely N-dealkylation sites (tertiary alicyclic amines) is 2. The Labute approximate surface area is 385 Å². The first kappa shape index (κ1) is 46.3. The summed E-state index contributed by atoms with van der Waals surface area (Å²) in [6.07, 6.45) is 12.9. The first-order chi connectivity index (χ1) is 30.8. The van der Waals surface area contributed by atoms with E-state index in [1.807, 2.05) is 43.7 Å². The van der Waals surface area contributed by atoms with Gasteiger partial charge in [-0.2, -0.15) is 0 Å². The molecule has 4 aliphatic heterocycles. The van der Waals surface area contributed by atoms with Gasteiger partial charge in [0.25, 0.3) is 0 Å². The molecule has 348 valence electrons. The summed E-state index contributed by atoms with van der Waals surface area (Å²) in [6, 6.07) is 12.0. The van der Waals surface area contributed by atoms with E-state index in [1.165, 1.54) is 73.3 Å². The van der Waals surface area contributed by atoms with E-state index < -0.39 is 24.3 Å². The maximum atomic E-state index is 14.2. The Morgan fingerprint density at radius 2 is 1.11 bits per heavy atom. The van der Waals surface area contributed by atoms with Crippen molar-refractivity contribution < 1.29 is 28.7 Å². The summed E-state index contributed by atoms with van der Waals surface area (Å²) in [7, 11) is 2.64.